The summed E-state index contributed by atoms with van der Waals surface area (Å²) in [6.07, 6.45) is -0.732. The predicted octanol–water partition coefficient (Wildman–Crippen LogP) is 1.83. The van der Waals surface area contributed by atoms with E-state index in [-0.39, 0.29) is 42.8 Å². The smallest absolute Gasteiger partial charge is 0.280 e. The largest absolute Gasteiger partial charge is 0.496 e. The molecule has 2 aliphatic heterocycles. The number of nitrogens with one attached hydrogen (secondary N) is 2. The number of fused-ring (bicyclic) bond motifs is 5. The molecule has 0 bridgehead atoms. The minimum absolute atomic E-state index is 0.0280. The molecule has 1 fully saturated rings. The van der Waals surface area contributed by atoms with Gasteiger partial charge < -0.3 is 39.3 Å². The number of nitrogens with zero attached hydrogens (tertiary/aromatic N) is 4. The lowest BCUT2D eigenvalue weighted by Gasteiger charge is -2.22. The predicted molar refractivity (Wildman–Crippen MR) is 143 cm³/mol. The van der Waals surface area contributed by atoms with Crippen molar-refractivity contribution in [1.29, 1.82) is 0 Å². The van der Waals surface area contributed by atoms with E-state index in [2.05, 4.69) is 19.9 Å². The summed E-state index contributed by atoms with van der Waals surface area (Å²) in [7, 11) is 1.54. The van der Waals surface area contributed by atoms with Crippen LogP contribution >= 0.6 is 0 Å². The van der Waals surface area contributed by atoms with Gasteiger partial charge in [-0.2, -0.15) is 4.98 Å². The maximum Gasteiger partial charge on any atom is 0.280 e. The molecule has 0 unspecified atom stereocenters. The molecule has 0 saturated carbocycles. The zero-order chi connectivity index (χ0) is 28.0. The van der Waals surface area contributed by atoms with Crippen LogP contribution in [-0.4, -0.2) is 78.3 Å². The summed E-state index contributed by atoms with van der Waals surface area (Å²) in [6.45, 7) is -0.299. The van der Waals surface area contributed by atoms with E-state index in [1.807, 2.05) is 12.1 Å². The molecule has 5 heterocycles. The lowest BCUT2D eigenvalue weighted by molar-refractivity contribution is -0.0432. The average Bonchev–Trinajstić information content (AvgIpc) is 3.76. The summed E-state index contributed by atoms with van der Waals surface area (Å²) < 4.78 is 24.5. The van der Waals surface area contributed by atoms with Gasteiger partial charge in [0.1, 0.15) is 23.8 Å². The van der Waals surface area contributed by atoms with Gasteiger partial charge in [-0.25, -0.2) is 9.98 Å². The van der Waals surface area contributed by atoms with Crippen LogP contribution in [0.4, 0.5) is 5.95 Å². The Kier molecular flexibility index (Phi) is 4.98. The van der Waals surface area contributed by atoms with Crippen LogP contribution < -0.4 is 19.8 Å². The first kappa shape index (κ1) is 23.9. The highest BCUT2D eigenvalue weighted by molar-refractivity contribution is 6.30. The standard InChI is InChI=1S/C27H22N6O8/c1-38-13-4-2-3-10-17(13)20(21-18-11(25(36)29-21)5-14-23(19(10)18)40-9-39-14)30-27-31-24-22(26(37)32-27)28-8-33(24)16-6-12(35)15(7-34)41-16/h2-5,8,12,15-16,29,34-36H,6-7,9H2,1H3,(H,31,32,37)/t12-,15+,16+/m0/s1. The van der Waals surface area contributed by atoms with Crippen molar-refractivity contribution in [3.8, 4) is 34.3 Å². The van der Waals surface area contributed by atoms with Crippen molar-refractivity contribution in [2.24, 2.45) is 4.99 Å². The molecule has 8 rings (SSSR count). The van der Waals surface area contributed by atoms with E-state index in [1.54, 1.807) is 19.2 Å². The molecule has 0 radical (unpaired) electrons. The number of methoxy groups -OCH3 is 1. The lowest BCUT2D eigenvalue weighted by atomic mass is 9.85. The summed E-state index contributed by atoms with van der Waals surface area (Å²) in [4.78, 5) is 32.3. The van der Waals surface area contributed by atoms with Gasteiger partial charge in [-0.3, -0.25) is 14.3 Å². The van der Waals surface area contributed by atoms with E-state index in [0.29, 0.717) is 45.0 Å². The van der Waals surface area contributed by atoms with Gasteiger partial charge in [-0.15, -0.1) is 0 Å². The van der Waals surface area contributed by atoms with Gasteiger partial charge >= 0.3 is 0 Å². The molecule has 3 aliphatic rings. The second-order valence-electron chi connectivity index (χ2n) is 9.93. The second-order valence-corrected chi connectivity index (χ2v) is 9.93. The normalized spacial score (nSPS) is 21.7. The summed E-state index contributed by atoms with van der Waals surface area (Å²) in [6, 6.07) is 7.23. The number of rotatable bonds is 4. The number of aromatic nitrogens is 5. The van der Waals surface area contributed by atoms with Crippen LogP contribution in [0.2, 0.25) is 0 Å². The number of aliphatic hydroxyl groups excluding tert-OH is 2. The average molecular weight is 559 g/mol. The molecule has 14 heteroatoms. The monoisotopic (exact) mass is 558 g/mol. The number of imidazole rings is 1. The number of aliphatic imine (C=N–C) groups is 1. The van der Waals surface area contributed by atoms with Gasteiger partial charge in [0.2, 0.25) is 12.7 Å². The molecule has 3 aromatic heterocycles. The number of H-pyrrole nitrogens is 2. The van der Waals surface area contributed by atoms with Gasteiger partial charge in [0.25, 0.3) is 5.56 Å². The van der Waals surface area contributed by atoms with E-state index in [4.69, 9.17) is 23.9 Å². The van der Waals surface area contributed by atoms with Gasteiger partial charge in [0.15, 0.2) is 28.5 Å². The number of ether oxygens (including phenoxy) is 4. The van der Waals surface area contributed by atoms with E-state index >= 15 is 0 Å². The highest BCUT2D eigenvalue weighted by atomic mass is 16.7. The molecule has 0 spiro atoms. The minimum atomic E-state index is -0.880. The third-order valence-electron chi connectivity index (χ3n) is 7.73. The molecule has 41 heavy (non-hydrogen) atoms. The summed E-state index contributed by atoms with van der Waals surface area (Å²) in [5.41, 5.74) is 2.65. The first-order valence-electron chi connectivity index (χ1n) is 12.8. The molecule has 5 aromatic rings. The Labute approximate surface area is 229 Å². The molecule has 5 N–H and O–H groups in total. The number of aromatic hydroxyl groups is 1. The molecule has 14 nitrogen and oxygen atoms in total. The quantitative estimate of drug-likeness (QED) is 0.213. The molecule has 1 saturated heterocycles. The van der Waals surface area contributed by atoms with Crippen LogP contribution in [0.3, 0.4) is 0 Å². The van der Waals surface area contributed by atoms with Gasteiger partial charge in [-0.1, -0.05) is 12.1 Å². The molecular weight excluding hydrogens is 536 g/mol. The Balaban J connectivity index is 1.37. The lowest BCUT2D eigenvalue weighted by Crippen LogP contribution is -2.24. The van der Waals surface area contributed by atoms with Gasteiger partial charge in [-0.05, 0) is 17.7 Å². The van der Waals surface area contributed by atoms with Crippen molar-refractivity contribution in [3.63, 3.8) is 0 Å². The van der Waals surface area contributed by atoms with Crippen LogP contribution in [0.5, 0.6) is 23.1 Å². The Morgan fingerprint density at radius 2 is 2.12 bits per heavy atom. The van der Waals surface area contributed by atoms with Crippen molar-refractivity contribution in [3.05, 3.63) is 52.2 Å². The molecule has 2 aromatic carbocycles. The third-order valence-corrected chi connectivity index (χ3v) is 7.73. The highest BCUT2D eigenvalue weighted by Crippen LogP contribution is 2.54. The first-order valence-corrected chi connectivity index (χ1v) is 12.8. The molecule has 0 amide bonds. The third kappa shape index (κ3) is 3.29. The summed E-state index contributed by atoms with van der Waals surface area (Å²) >= 11 is 0. The summed E-state index contributed by atoms with van der Waals surface area (Å²) in [5, 5.41) is 31.8. The maximum atomic E-state index is 13.1. The van der Waals surface area contributed by atoms with Crippen molar-refractivity contribution >= 4 is 33.6 Å². The molecule has 1 aliphatic carbocycles. The number of hydrogen-bond acceptors (Lipinski definition) is 11. The fraction of sp³-hybridized carbons (Fsp3) is 0.259. The summed E-state index contributed by atoms with van der Waals surface area (Å²) in [5.74, 6) is 1.44. The fourth-order valence-corrected chi connectivity index (χ4v) is 5.90. The minimum Gasteiger partial charge on any atom is -0.496 e. The van der Waals surface area contributed by atoms with Crippen molar-refractivity contribution in [2.75, 3.05) is 20.5 Å². The fourth-order valence-electron chi connectivity index (χ4n) is 5.90. The molecule has 208 valence electrons. The molecule has 3 atom stereocenters. The maximum absolute atomic E-state index is 13.1. The van der Waals surface area contributed by atoms with Crippen LogP contribution in [-0.2, 0) is 4.74 Å². The zero-order valence-electron chi connectivity index (χ0n) is 21.4. The Bertz CT molecular complexity index is 1990. The van der Waals surface area contributed by atoms with E-state index in [9.17, 15) is 20.1 Å². The van der Waals surface area contributed by atoms with Crippen LogP contribution in [0.1, 0.15) is 23.9 Å². The Hall–Kier alpha value is -4.92. The number of aliphatic hydroxyl groups is 2. The number of aromatic amines is 2. The SMILES string of the molecule is COc1cccc2c1C(=Nc1nc3c(ncn3[C@H]3C[C@H](O)[C@@H](CO)O3)c(=O)[nH]1)c1[nH]c(O)c3cc4c(c-2c13)OCO4. The van der Waals surface area contributed by atoms with Crippen molar-refractivity contribution < 1.29 is 34.3 Å². The number of hydrogen-bond donors (Lipinski definition) is 5. The number of benzene rings is 2. The van der Waals surface area contributed by atoms with Crippen molar-refractivity contribution in [2.45, 2.75) is 24.9 Å². The Morgan fingerprint density at radius 3 is 2.93 bits per heavy atom. The Morgan fingerprint density at radius 1 is 1.24 bits per heavy atom. The van der Waals surface area contributed by atoms with Crippen LogP contribution in [0.15, 0.2) is 40.4 Å². The van der Waals surface area contributed by atoms with Crippen LogP contribution in [0.25, 0.3) is 33.1 Å². The molecular formula is C27H22N6O8. The highest BCUT2D eigenvalue weighted by Gasteiger charge is 2.37. The van der Waals surface area contributed by atoms with E-state index < -0.39 is 24.0 Å². The topological polar surface area (TPSA) is 189 Å². The van der Waals surface area contributed by atoms with Gasteiger partial charge in [0.05, 0.1) is 37.4 Å². The van der Waals surface area contributed by atoms with Gasteiger partial charge in [0, 0.05) is 22.8 Å². The zero-order valence-corrected chi connectivity index (χ0v) is 21.4. The van der Waals surface area contributed by atoms with E-state index in [0.717, 1.165) is 11.1 Å². The van der Waals surface area contributed by atoms with Crippen LogP contribution in [0, 0.1) is 0 Å². The van der Waals surface area contributed by atoms with Crippen molar-refractivity contribution in [1.82, 2.24) is 24.5 Å². The first-order chi connectivity index (χ1) is 20.0. The van der Waals surface area contributed by atoms with E-state index in [1.165, 1.54) is 10.9 Å². The second kappa shape index (κ2) is 8.54.